The van der Waals surface area contributed by atoms with E-state index in [-0.39, 0.29) is 5.91 Å². The zero-order valence-corrected chi connectivity index (χ0v) is 19.4. The fourth-order valence-corrected chi connectivity index (χ4v) is 3.38. The Morgan fingerprint density at radius 2 is 1.43 bits per heavy atom. The Labute approximate surface area is 204 Å². The molecule has 6 heteroatoms. The lowest BCUT2D eigenvalue weighted by molar-refractivity contribution is 0.0950. The van der Waals surface area contributed by atoms with Crippen LogP contribution in [0.3, 0.4) is 0 Å². The lowest BCUT2D eigenvalue weighted by Gasteiger charge is -2.11. The van der Waals surface area contributed by atoms with Gasteiger partial charge in [-0.05, 0) is 47.5 Å². The van der Waals surface area contributed by atoms with Gasteiger partial charge in [0, 0.05) is 5.56 Å². The highest BCUT2D eigenvalue weighted by molar-refractivity contribution is 5.97. The first kappa shape index (κ1) is 23.6. The van der Waals surface area contributed by atoms with E-state index in [9.17, 15) is 4.79 Å². The van der Waals surface area contributed by atoms with Gasteiger partial charge in [-0.1, -0.05) is 66.7 Å². The SMILES string of the molecule is COc1cccc(COc2ccccc2/C=N/NC(=O)c2ccccc2OCc2ccccc2)c1. The average Bonchev–Trinajstić information content (AvgIpc) is 2.92. The number of carbonyl (C=O) groups is 1. The summed E-state index contributed by atoms with van der Waals surface area (Å²) in [5, 5.41) is 4.14. The second-order valence-electron chi connectivity index (χ2n) is 7.65. The van der Waals surface area contributed by atoms with Crippen LogP contribution >= 0.6 is 0 Å². The van der Waals surface area contributed by atoms with E-state index >= 15 is 0 Å². The molecule has 0 saturated carbocycles. The van der Waals surface area contributed by atoms with Crippen LogP contribution in [0.2, 0.25) is 0 Å². The van der Waals surface area contributed by atoms with Gasteiger partial charge in [0.05, 0.1) is 18.9 Å². The van der Waals surface area contributed by atoms with Crippen molar-refractivity contribution < 1.29 is 19.0 Å². The molecule has 1 amide bonds. The summed E-state index contributed by atoms with van der Waals surface area (Å²) in [5.74, 6) is 1.56. The molecule has 0 aromatic heterocycles. The Morgan fingerprint density at radius 1 is 0.771 bits per heavy atom. The molecule has 4 aromatic carbocycles. The van der Waals surface area contributed by atoms with Crippen LogP contribution in [0.4, 0.5) is 0 Å². The van der Waals surface area contributed by atoms with Crippen molar-refractivity contribution in [2.45, 2.75) is 13.2 Å². The lowest BCUT2D eigenvalue weighted by atomic mass is 10.2. The van der Waals surface area contributed by atoms with E-state index in [2.05, 4.69) is 10.5 Å². The summed E-state index contributed by atoms with van der Waals surface area (Å²) in [4.78, 5) is 12.8. The van der Waals surface area contributed by atoms with Crippen LogP contribution < -0.4 is 19.6 Å². The summed E-state index contributed by atoms with van der Waals surface area (Å²) >= 11 is 0. The van der Waals surface area contributed by atoms with Gasteiger partial charge < -0.3 is 14.2 Å². The topological polar surface area (TPSA) is 69.2 Å². The van der Waals surface area contributed by atoms with Crippen LogP contribution in [0, 0.1) is 0 Å². The van der Waals surface area contributed by atoms with E-state index in [0.717, 1.165) is 22.4 Å². The highest BCUT2D eigenvalue weighted by Gasteiger charge is 2.12. The predicted octanol–water partition coefficient (Wildman–Crippen LogP) is 5.62. The summed E-state index contributed by atoms with van der Waals surface area (Å²) in [6.45, 7) is 0.743. The second kappa shape index (κ2) is 12.0. The van der Waals surface area contributed by atoms with Gasteiger partial charge in [0.25, 0.3) is 5.91 Å². The fourth-order valence-electron chi connectivity index (χ4n) is 3.38. The molecule has 6 nitrogen and oxygen atoms in total. The first-order chi connectivity index (χ1) is 17.2. The molecule has 0 radical (unpaired) electrons. The third-order valence-corrected chi connectivity index (χ3v) is 5.19. The number of para-hydroxylation sites is 2. The van der Waals surface area contributed by atoms with Crippen LogP contribution in [-0.4, -0.2) is 19.2 Å². The molecule has 4 aromatic rings. The second-order valence-corrected chi connectivity index (χ2v) is 7.65. The molecule has 0 aliphatic rings. The highest BCUT2D eigenvalue weighted by Crippen LogP contribution is 2.21. The maximum absolute atomic E-state index is 12.8. The molecule has 0 spiro atoms. The van der Waals surface area contributed by atoms with Crippen molar-refractivity contribution in [2.75, 3.05) is 7.11 Å². The van der Waals surface area contributed by atoms with E-state index in [4.69, 9.17) is 14.2 Å². The summed E-state index contributed by atoms with van der Waals surface area (Å²) in [6.07, 6.45) is 1.56. The number of ether oxygens (including phenoxy) is 3. The number of hydrazone groups is 1. The molecule has 0 unspecified atom stereocenters. The van der Waals surface area contributed by atoms with Crippen molar-refractivity contribution in [2.24, 2.45) is 5.10 Å². The maximum Gasteiger partial charge on any atom is 0.275 e. The number of methoxy groups -OCH3 is 1. The van der Waals surface area contributed by atoms with Crippen molar-refractivity contribution in [3.63, 3.8) is 0 Å². The zero-order valence-electron chi connectivity index (χ0n) is 19.4. The number of nitrogens with one attached hydrogen (secondary N) is 1. The summed E-state index contributed by atoms with van der Waals surface area (Å²) in [5.41, 5.74) is 5.73. The molecule has 0 atom stereocenters. The van der Waals surface area contributed by atoms with E-state index in [0.29, 0.717) is 30.3 Å². The average molecular weight is 467 g/mol. The van der Waals surface area contributed by atoms with Gasteiger partial charge in [0.15, 0.2) is 0 Å². The molecule has 0 fully saturated rings. The van der Waals surface area contributed by atoms with Crippen LogP contribution in [0.1, 0.15) is 27.0 Å². The van der Waals surface area contributed by atoms with Crippen molar-refractivity contribution in [3.8, 4) is 17.2 Å². The van der Waals surface area contributed by atoms with Crippen molar-refractivity contribution in [1.82, 2.24) is 5.43 Å². The number of nitrogens with zero attached hydrogens (tertiary/aromatic N) is 1. The minimum Gasteiger partial charge on any atom is -0.497 e. The van der Waals surface area contributed by atoms with Crippen LogP contribution in [0.15, 0.2) is 108 Å². The van der Waals surface area contributed by atoms with Crippen molar-refractivity contribution >= 4 is 12.1 Å². The van der Waals surface area contributed by atoms with E-state index in [1.54, 1.807) is 31.5 Å². The Morgan fingerprint density at radius 3 is 2.26 bits per heavy atom. The van der Waals surface area contributed by atoms with Crippen LogP contribution in [0.25, 0.3) is 0 Å². The molecule has 0 aliphatic heterocycles. The molecule has 0 bridgehead atoms. The van der Waals surface area contributed by atoms with Crippen LogP contribution in [0.5, 0.6) is 17.2 Å². The van der Waals surface area contributed by atoms with Gasteiger partial charge in [-0.25, -0.2) is 5.43 Å². The quantitative estimate of drug-likeness (QED) is 0.243. The number of rotatable bonds is 10. The largest absolute Gasteiger partial charge is 0.497 e. The van der Waals surface area contributed by atoms with Gasteiger partial charge in [-0.3, -0.25) is 4.79 Å². The predicted molar refractivity (Wildman–Crippen MR) is 136 cm³/mol. The molecule has 4 rings (SSSR count). The molecular formula is C29H26N2O4. The van der Waals surface area contributed by atoms with E-state index in [1.165, 1.54) is 0 Å². The molecule has 0 aliphatic carbocycles. The number of benzene rings is 4. The van der Waals surface area contributed by atoms with Gasteiger partial charge in [0.1, 0.15) is 30.5 Å². The highest BCUT2D eigenvalue weighted by atomic mass is 16.5. The molecule has 1 N–H and O–H groups in total. The smallest absolute Gasteiger partial charge is 0.275 e. The molecular weight excluding hydrogens is 440 g/mol. The Kier molecular flexibility index (Phi) is 8.11. The number of hydrogen-bond donors (Lipinski definition) is 1. The third kappa shape index (κ3) is 6.71. The van der Waals surface area contributed by atoms with Gasteiger partial charge >= 0.3 is 0 Å². The molecule has 0 heterocycles. The first-order valence-corrected chi connectivity index (χ1v) is 11.2. The number of carbonyl (C=O) groups excluding carboxylic acids is 1. The third-order valence-electron chi connectivity index (χ3n) is 5.19. The molecule has 35 heavy (non-hydrogen) atoms. The molecule has 0 saturated heterocycles. The normalized spacial score (nSPS) is 10.7. The van der Waals surface area contributed by atoms with Gasteiger partial charge in [0.2, 0.25) is 0 Å². The minimum absolute atomic E-state index is 0.361. The summed E-state index contributed by atoms with van der Waals surface area (Å²) in [6, 6.07) is 32.1. The lowest BCUT2D eigenvalue weighted by Crippen LogP contribution is -2.18. The maximum atomic E-state index is 12.8. The summed E-state index contributed by atoms with van der Waals surface area (Å²) < 4.78 is 17.1. The van der Waals surface area contributed by atoms with Crippen molar-refractivity contribution in [3.05, 3.63) is 125 Å². The first-order valence-electron chi connectivity index (χ1n) is 11.2. The van der Waals surface area contributed by atoms with Gasteiger partial charge in [-0.15, -0.1) is 0 Å². The monoisotopic (exact) mass is 466 g/mol. The Balaban J connectivity index is 1.38. The Hall–Kier alpha value is -4.58. The standard InChI is InChI=1S/C29H26N2O4/c1-33-25-14-9-12-23(18-25)21-34-27-16-7-5-13-24(27)19-30-31-29(32)26-15-6-8-17-28(26)35-20-22-10-3-2-4-11-22/h2-19H,20-21H2,1H3,(H,31,32)/b30-19+. The molecule has 176 valence electrons. The number of amides is 1. The zero-order chi connectivity index (χ0) is 24.3. The van der Waals surface area contributed by atoms with Crippen molar-refractivity contribution in [1.29, 1.82) is 0 Å². The summed E-state index contributed by atoms with van der Waals surface area (Å²) in [7, 11) is 1.63. The number of hydrogen-bond acceptors (Lipinski definition) is 5. The van der Waals surface area contributed by atoms with E-state index < -0.39 is 0 Å². The Bertz CT molecular complexity index is 1290. The fraction of sp³-hybridized carbons (Fsp3) is 0.103. The van der Waals surface area contributed by atoms with Crippen LogP contribution in [-0.2, 0) is 13.2 Å². The minimum atomic E-state index is -0.361. The van der Waals surface area contributed by atoms with E-state index in [1.807, 2.05) is 84.9 Å². The van der Waals surface area contributed by atoms with Gasteiger partial charge in [-0.2, -0.15) is 5.10 Å².